The van der Waals surface area contributed by atoms with E-state index in [0.29, 0.717) is 0 Å². The molecule has 4 N–H and O–H groups in total. The SMILES string of the molecule is NC1C=CC(O)C1O. The van der Waals surface area contributed by atoms with Gasteiger partial charge in [0.05, 0.1) is 12.1 Å². The van der Waals surface area contributed by atoms with Crippen LogP contribution in [0.25, 0.3) is 0 Å². The third kappa shape index (κ3) is 0.753. The van der Waals surface area contributed by atoms with E-state index in [2.05, 4.69) is 0 Å². The number of aliphatic hydroxyl groups excluding tert-OH is 2. The molecule has 0 radical (unpaired) electrons. The summed E-state index contributed by atoms with van der Waals surface area (Å²) in [4.78, 5) is 0. The summed E-state index contributed by atoms with van der Waals surface area (Å²) in [6.07, 6.45) is 1.53. The molecule has 3 nitrogen and oxygen atoms in total. The fraction of sp³-hybridized carbons (Fsp3) is 0.600. The van der Waals surface area contributed by atoms with Crippen molar-refractivity contribution in [3.8, 4) is 0 Å². The highest BCUT2D eigenvalue weighted by Crippen LogP contribution is 2.08. The molecule has 1 aliphatic rings. The first-order valence-electron chi connectivity index (χ1n) is 2.52. The molecule has 3 unspecified atom stereocenters. The third-order valence-corrected chi connectivity index (χ3v) is 1.27. The molecule has 46 valence electrons. The Balaban J connectivity index is 2.55. The molecule has 3 atom stereocenters. The van der Waals surface area contributed by atoms with E-state index in [9.17, 15) is 0 Å². The summed E-state index contributed by atoms with van der Waals surface area (Å²) in [5, 5.41) is 17.6. The van der Waals surface area contributed by atoms with E-state index in [1.54, 1.807) is 6.08 Å². The highest BCUT2D eigenvalue weighted by atomic mass is 16.3. The number of aliphatic hydroxyl groups is 2. The molecule has 0 saturated carbocycles. The summed E-state index contributed by atoms with van der Waals surface area (Å²) >= 11 is 0. The van der Waals surface area contributed by atoms with Crippen molar-refractivity contribution in [2.45, 2.75) is 18.2 Å². The molecule has 1 aliphatic carbocycles. The zero-order valence-electron chi connectivity index (χ0n) is 4.36. The summed E-state index contributed by atoms with van der Waals surface area (Å²) in [7, 11) is 0. The Labute approximate surface area is 47.4 Å². The molecule has 0 aromatic heterocycles. The smallest absolute Gasteiger partial charge is 0.102 e. The molecule has 0 aromatic carbocycles. The molecule has 0 bridgehead atoms. The van der Waals surface area contributed by atoms with Gasteiger partial charge in [-0.3, -0.25) is 0 Å². The van der Waals surface area contributed by atoms with Crippen molar-refractivity contribution in [2.75, 3.05) is 0 Å². The Morgan fingerprint density at radius 3 is 2.00 bits per heavy atom. The minimum Gasteiger partial charge on any atom is -0.388 e. The van der Waals surface area contributed by atoms with Crippen molar-refractivity contribution in [2.24, 2.45) is 5.73 Å². The minimum absolute atomic E-state index is 0.384. The topological polar surface area (TPSA) is 66.5 Å². The van der Waals surface area contributed by atoms with Gasteiger partial charge < -0.3 is 15.9 Å². The molecular formula is C5H9NO2. The molecular weight excluding hydrogens is 106 g/mol. The number of hydrogen-bond acceptors (Lipinski definition) is 3. The maximum absolute atomic E-state index is 8.83. The molecule has 0 aromatic rings. The van der Waals surface area contributed by atoms with Gasteiger partial charge in [0.15, 0.2) is 0 Å². The van der Waals surface area contributed by atoms with Gasteiger partial charge in [0.2, 0.25) is 0 Å². The minimum atomic E-state index is -0.796. The van der Waals surface area contributed by atoms with Crippen molar-refractivity contribution in [3.05, 3.63) is 12.2 Å². The van der Waals surface area contributed by atoms with Gasteiger partial charge in [0, 0.05) is 0 Å². The molecule has 1 rings (SSSR count). The average molecular weight is 115 g/mol. The first-order valence-corrected chi connectivity index (χ1v) is 2.52. The number of nitrogens with two attached hydrogens (primary N) is 1. The Morgan fingerprint density at radius 2 is 1.88 bits per heavy atom. The first kappa shape index (κ1) is 5.75. The Morgan fingerprint density at radius 1 is 1.25 bits per heavy atom. The normalized spacial score (nSPS) is 45.6. The van der Waals surface area contributed by atoms with Crippen LogP contribution in [0.5, 0.6) is 0 Å². The lowest BCUT2D eigenvalue weighted by atomic mass is 10.2. The van der Waals surface area contributed by atoms with Crippen LogP contribution in [0.15, 0.2) is 12.2 Å². The molecule has 0 amide bonds. The van der Waals surface area contributed by atoms with Crippen LogP contribution in [0.4, 0.5) is 0 Å². The average Bonchev–Trinajstić information content (AvgIpc) is 1.98. The van der Waals surface area contributed by atoms with Crippen LogP contribution in [0.3, 0.4) is 0 Å². The summed E-state index contributed by atoms with van der Waals surface area (Å²) in [5.41, 5.74) is 5.27. The van der Waals surface area contributed by atoms with E-state index < -0.39 is 12.2 Å². The first-order chi connectivity index (χ1) is 3.72. The maximum atomic E-state index is 8.83. The molecule has 8 heavy (non-hydrogen) atoms. The number of rotatable bonds is 0. The van der Waals surface area contributed by atoms with Crippen molar-refractivity contribution in [3.63, 3.8) is 0 Å². The fourth-order valence-corrected chi connectivity index (χ4v) is 0.698. The predicted octanol–water partition coefficient (Wildman–Crippen LogP) is -1.39. The standard InChI is InChI=1S/C5H9NO2/c6-3-1-2-4(7)5(3)8/h1-5,7-8H,6H2. The monoisotopic (exact) mass is 115 g/mol. The zero-order valence-corrected chi connectivity index (χ0v) is 4.36. The largest absolute Gasteiger partial charge is 0.388 e. The maximum Gasteiger partial charge on any atom is 0.102 e. The second-order valence-electron chi connectivity index (χ2n) is 1.94. The van der Waals surface area contributed by atoms with E-state index in [1.807, 2.05) is 0 Å². The van der Waals surface area contributed by atoms with Crippen molar-refractivity contribution in [1.82, 2.24) is 0 Å². The summed E-state index contributed by atoms with van der Waals surface area (Å²) in [6, 6.07) is -0.384. The lowest BCUT2D eigenvalue weighted by molar-refractivity contribution is 0.0518. The van der Waals surface area contributed by atoms with Crippen LogP contribution < -0.4 is 5.73 Å². The van der Waals surface area contributed by atoms with Gasteiger partial charge in [0.1, 0.15) is 6.10 Å². The Hall–Kier alpha value is -0.380. The summed E-state index contributed by atoms with van der Waals surface area (Å²) < 4.78 is 0. The highest BCUT2D eigenvalue weighted by molar-refractivity contribution is 5.10. The van der Waals surface area contributed by atoms with Crippen LogP contribution in [-0.4, -0.2) is 28.5 Å². The second kappa shape index (κ2) is 1.85. The van der Waals surface area contributed by atoms with Gasteiger partial charge in [-0.15, -0.1) is 0 Å². The quantitative estimate of drug-likeness (QED) is 0.340. The van der Waals surface area contributed by atoms with Crippen LogP contribution in [-0.2, 0) is 0 Å². The Bertz CT molecular complexity index is 101. The molecule has 0 saturated heterocycles. The van der Waals surface area contributed by atoms with Gasteiger partial charge in [-0.2, -0.15) is 0 Å². The van der Waals surface area contributed by atoms with Crippen molar-refractivity contribution in [1.29, 1.82) is 0 Å². The van der Waals surface area contributed by atoms with E-state index in [-0.39, 0.29) is 6.04 Å². The molecule has 0 heterocycles. The van der Waals surface area contributed by atoms with Crippen LogP contribution >= 0.6 is 0 Å². The molecule has 3 heteroatoms. The molecule has 0 spiro atoms. The van der Waals surface area contributed by atoms with E-state index in [0.717, 1.165) is 0 Å². The summed E-state index contributed by atoms with van der Waals surface area (Å²) in [5.74, 6) is 0. The van der Waals surface area contributed by atoms with Crippen LogP contribution in [0, 0.1) is 0 Å². The second-order valence-corrected chi connectivity index (χ2v) is 1.94. The van der Waals surface area contributed by atoms with E-state index in [4.69, 9.17) is 15.9 Å². The molecule has 0 aliphatic heterocycles. The van der Waals surface area contributed by atoms with Crippen molar-refractivity contribution >= 4 is 0 Å². The van der Waals surface area contributed by atoms with Crippen molar-refractivity contribution < 1.29 is 10.2 Å². The van der Waals surface area contributed by atoms with Gasteiger partial charge in [-0.05, 0) is 0 Å². The van der Waals surface area contributed by atoms with Crippen LogP contribution in [0.2, 0.25) is 0 Å². The predicted molar refractivity (Wildman–Crippen MR) is 29.1 cm³/mol. The Kier molecular flexibility index (Phi) is 1.33. The van der Waals surface area contributed by atoms with Crippen LogP contribution in [0.1, 0.15) is 0 Å². The highest BCUT2D eigenvalue weighted by Gasteiger charge is 2.24. The third-order valence-electron chi connectivity index (χ3n) is 1.27. The van der Waals surface area contributed by atoms with E-state index >= 15 is 0 Å². The lowest BCUT2D eigenvalue weighted by Gasteiger charge is -2.10. The molecule has 0 fully saturated rings. The van der Waals surface area contributed by atoms with Gasteiger partial charge >= 0.3 is 0 Å². The van der Waals surface area contributed by atoms with Gasteiger partial charge in [0.25, 0.3) is 0 Å². The van der Waals surface area contributed by atoms with E-state index in [1.165, 1.54) is 6.08 Å². The summed E-state index contributed by atoms with van der Waals surface area (Å²) in [6.45, 7) is 0. The fourth-order valence-electron chi connectivity index (χ4n) is 0.698. The van der Waals surface area contributed by atoms with Gasteiger partial charge in [-0.1, -0.05) is 12.2 Å². The zero-order chi connectivity index (χ0) is 6.15. The lowest BCUT2D eigenvalue weighted by Crippen LogP contribution is -2.35. The van der Waals surface area contributed by atoms with Gasteiger partial charge in [-0.25, -0.2) is 0 Å². The number of hydrogen-bond donors (Lipinski definition) is 3.